The summed E-state index contributed by atoms with van der Waals surface area (Å²) in [5.74, 6) is -0.323. The van der Waals surface area contributed by atoms with Crippen molar-refractivity contribution in [1.29, 1.82) is 0 Å². The monoisotopic (exact) mass is 607 g/mol. The Bertz CT molecular complexity index is 1340. The van der Waals surface area contributed by atoms with Crippen LogP contribution in [0.1, 0.15) is 48.2 Å². The van der Waals surface area contributed by atoms with E-state index in [2.05, 4.69) is 10.3 Å². The van der Waals surface area contributed by atoms with Crippen LogP contribution in [0.3, 0.4) is 0 Å². The molecule has 41 heavy (non-hydrogen) atoms. The van der Waals surface area contributed by atoms with Crippen LogP contribution in [0.15, 0.2) is 54.7 Å². The minimum absolute atomic E-state index is 0. The summed E-state index contributed by atoms with van der Waals surface area (Å²) in [5, 5.41) is 2.85. The summed E-state index contributed by atoms with van der Waals surface area (Å²) in [6.45, 7) is 4.35. The lowest BCUT2D eigenvalue weighted by Gasteiger charge is -2.16. The first-order valence-corrected chi connectivity index (χ1v) is 13.0. The maximum atomic E-state index is 14.1. The van der Waals surface area contributed by atoms with Crippen LogP contribution < -0.4 is 20.5 Å². The average molecular weight is 609 g/mol. The molecule has 0 spiro atoms. The minimum atomic E-state index is -0.720. The number of benzene rings is 2. The van der Waals surface area contributed by atoms with E-state index < -0.39 is 17.8 Å². The topological polar surface area (TPSA) is 113 Å². The summed E-state index contributed by atoms with van der Waals surface area (Å²) in [6, 6.07) is 12.7. The van der Waals surface area contributed by atoms with Crippen molar-refractivity contribution in [2.45, 2.75) is 45.9 Å². The first-order chi connectivity index (χ1) is 18.8. The molecule has 1 aliphatic rings. The van der Waals surface area contributed by atoms with Crippen LogP contribution >= 0.6 is 24.8 Å². The fourth-order valence-corrected chi connectivity index (χ4v) is 3.90. The van der Waals surface area contributed by atoms with Crippen LogP contribution in [0, 0.1) is 17.7 Å². The molecule has 8 nitrogen and oxygen atoms in total. The SMILES string of the molecule is COc1ccc(CNC(=O)c2cc(-c3ncccc3COC(=O)[C@@H](N)C(C)C)ccc2OCC2CC2)cc1F.Cl.Cl. The summed E-state index contributed by atoms with van der Waals surface area (Å²) in [4.78, 5) is 30.1. The molecule has 0 radical (unpaired) electrons. The quantitative estimate of drug-likeness (QED) is 0.262. The molecule has 0 unspecified atom stereocenters. The molecule has 11 heteroatoms. The molecule has 1 amide bonds. The second-order valence-electron chi connectivity index (χ2n) is 10.0. The van der Waals surface area contributed by atoms with Crippen LogP contribution in [0.5, 0.6) is 11.5 Å². The molecule has 1 heterocycles. The first kappa shape index (κ1) is 33.8. The van der Waals surface area contributed by atoms with E-state index in [9.17, 15) is 14.0 Å². The van der Waals surface area contributed by atoms with E-state index in [0.29, 0.717) is 46.2 Å². The fraction of sp³-hybridized carbons (Fsp3) is 0.367. The number of nitrogens with zero attached hydrogens (tertiary/aromatic N) is 1. The molecular weight excluding hydrogens is 572 g/mol. The summed E-state index contributed by atoms with van der Waals surface area (Å²) in [7, 11) is 1.40. The number of hydrogen-bond donors (Lipinski definition) is 2. The Morgan fingerprint density at radius 1 is 1.10 bits per heavy atom. The lowest BCUT2D eigenvalue weighted by molar-refractivity contribution is -0.147. The number of hydrogen-bond acceptors (Lipinski definition) is 7. The van der Waals surface area contributed by atoms with Gasteiger partial charge in [-0.2, -0.15) is 0 Å². The van der Waals surface area contributed by atoms with E-state index in [1.807, 2.05) is 26.0 Å². The summed E-state index contributed by atoms with van der Waals surface area (Å²) in [5.41, 5.74) is 8.74. The number of methoxy groups -OCH3 is 1. The Labute approximate surface area is 252 Å². The van der Waals surface area contributed by atoms with Gasteiger partial charge in [0.1, 0.15) is 18.4 Å². The highest BCUT2D eigenvalue weighted by Crippen LogP contribution is 2.32. The zero-order chi connectivity index (χ0) is 27.9. The van der Waals surface area contributed by atoms with Crippen molar-refractivity contribution in [3.05, 3.63) is 77.2 Å². The van der Waals surface area contributed by atoms with Gasteiger partial charge in [-0.1, -0.05) is 26.0 Å². The number of nitrogens with one attached hydrogen (secondary N) is 1. The lowest BCUT2D eigenvalue weighted by atomic mass is 10.0. The van der Waals surface area contributed by atoms with Gasteiger partial charge in [0.15, 0.2) is 11.6 Å². The predicted molar refractivity (Wildman–Crippen MR) is 159 cm³/mol. The third-order valence-corrected chi connectivity index (χ3v) is 6.59. The van der Waals surface area contributed by atoms with Crippen molar-refractivity contribution in [2.75, 3.05) is 13.7 Å². The Balaban J connectivity index is 0.00000294. The van der Waals surface area contributed by atoms with Gasteiger partial charge >= 0.3 is 5.97 Å². The third-order valence-electron chi connectivity index (χ3n) is 6.59. The summed E-state index contributed by atoms with van der Waals surface area (Å²) < 4.78 is 30.5. The molecule has 3 N–H and O–H groups in total. The van der Waals surface area contributed by atoms with Crippen molar-refractivity contribution in [3.8, 4) is 22.8 Å². The number of carbonyl (C=O) groups excluding carboxylic acids is 2. The van der Waals surface area contributed by atoms with Gasteiger partial charge in [-0.3, -0.25) is 14.6 Å². The molecule has 1 aliphatic carbocycles. The molecule has 1 fully saturated rings. The molecule has 1 aromatic heterocycles. The van der Waals surface area contributed by atoms with Crippen molar-refractivity contribution < 1.29 is 28.2 Å². The number of amides is 1. The van der Waals surface area contributed by atoms with Crippen LogP contribution in [0.2, 0.25) is 0 Å². The van der Waals surface area contributed by atoms with E-state index in [4.69, 9.17) is 19.9 Å². The second kappa shape index (κ2) is 15.6. The Morgan fingerprint density at radius 2 is 1.83 bits per heavy atom. The Kier molecular flexibility index (Phi) is 12.8. The van der Waals surface area contributed by atoms with Crippen molar-refractivity contribution >= 4 is 36.7 Å². The van der Waals surface area contributed by atoms with Crippen molar-refractivity contribution in [3.63, 3.8) is 0 Å². The summed E-state index contributed by atoms with van der Waals surface area (Å²) >= 11 is 0. The molecule has 0 aliphatic heterocycles. The van der Waals surface area contributed by atoms with E-state index in [-0.39, 0.29) is 55.5 Å². The number of halogens is 3. The van der Waals surface area contributed by atoms with E-state index in [1.54, 1.807) is 30.5 Å². The highest BCUT2D eigenvalue weighted by molar-refractivity contribution is 5.98. The van der Waals surface area contributed by atoms with Gasteiger partial charge in [-0.25, -0.2) is 4.39 Å². The zero-order valence-corrected chi connectivity index (χ0v) is 24.9. The van der Waals surface area contributed by atoms with Crippen LogP contribution in [-0.2, 0) is 22.7 Å². The van der Waals surface area contributed by atoms with Gasteiger partial charge in [-0.15, -0.1) is 24.8 Å². The second-order valence-corrected chi connectivity index (χ2v) is 10.0. The van der Waals surface area contributed by atoms with Crippen LogP contribution in [-0.4, -0.2) is 36.6 Å². The molecule has 3 aromatic rings. The van der Waals surface area contributed by atoms with Gasteiger partial charge in [-0.05, 0) is 66.6 Å². The molecule has 0 saturated heterocycles. The molecule has 1 saturated carbocycles. The number of pyridine rings is 1. The number of esters is 1. The maximum Gasteiger partial charge on any atom is 0.323 e. The smallest absolute Gasteiger partial charge is 0.323 e. The highest BCUT2D eigenvalue weighted by atomic mass is 35.5. The van der Waals surface area contributed by atoms with E-state index >= 15 is 0 Å². The van der Waals surface area contributed by atoms with E-state index in [1.165, 1.54) is 19.2 Å². The minimum Gasteiger partial charge on any atom is -0.494 e. The van der Waals surface area contributed by atoms with Gasteiger partial charge in [0, 0.05) is 23.9 Å². The molecule has 1 atom stereocenters. The lowest BCUT2D eigenvalue weighted by Crippen LogP contribution is -2.36. The number of ether oxygens (including phenoxy) is 3. The zero-order valence-electron chi connectivity index (χ0n) is 23.2. The number of aromatic nitrogens is 1. The van der Waals surface area contributed by atoms with Crippen LogP contribution in [0.25, 0.3) is 11.3 Å². The van der Waals surface area contributed by atoms with Gasteiger partial charge in [0.2, 0.25) is 0 Å². The number of nitrogens with two attached hydrogens (primary N) is 1. The molecule has 4 rings (SSSR count). The molecule has 0 bridgehead atoms. The van der Waals surface area contributed by atoms with Crippen molar-refractivity contribution in [1.82, 2.24) is 10.3 Å². The molecule has 2 aromatic carbocycles. The van der Waals surface area contributed by atoms with Crippen molar-refractivity contribution in [2.24, 2.45) is 17.6 Å². The molecule has 222 valence electrons. The van der Waals surface area contributed by atoms with Gasteiger partial charge < -0.3 is 25.3 Å². The van der Waals surface area contributed by atoms with E-state index in [0.717, 1.165) is 12.8 Å². The number of rotatable bonds is 12. The Morgan fingerprint density at radius 3 is 2.49 bits per heavy atom. The maximum absolute atomic E-state index is 14.1. The van der Waals surface area contributed by atoms with Gasteiger partial charge in [0.25, 0.3) is 5.91 Å². The fourth-order valence-electron chi connectivity index (χ4n) is 3.90. The first-order valence-electron chi connectivity index (χ1n) is 13.0. The molecular formula is C30H36Cl2FN3O5. The predicted octanol–water partition coefficient (Wildman–Crippen LogP) is 5.49. The third kappa shape index (κ3) is 9.05. The number of carbonyl (C=O) groups is 2. The largest absolute Gasteiger partial charge is 0.494 e. The standard InChI is InChI=1S/C30H34FN3O5.2ClH/c1-18(2)27(32)30(36)39-17-22-5-4-12-33-28(22)21-9-11-25(38-16-19-6-7-19)23(14-21)29(35)34-15-20-8-10-26(37-3)24(31)13-20;;/h4-5,8-14,18-19,27H,6-7,15-17,32H2,1-3H3,(H,34,35);2*1H/t27-;;/m0../s1. The highest BCUT2D eigenvalue weighted by Gasteiger charge is 2.24. The Hall–Kier alpha value is -3.40. The van der Waals surface area contributed by atoms with Gasteiger partial charge in [0.05, 0.1) is 25.0 Å². The normalized spacial score (nSPS) is 12.9. The van der Waals surface area contributed by atoms with Crippen LogP contribution in [0.4, 0.5) is 4.39 Å². The summed E-state index contributed by atoms with van der Waals surface area (Å²) in [6.07, 6.45) is 3.86. The average Bonchev–Trinajstić information content (AvgIpc) is 3.78.